The number of aryl methyl sites for hydroxylation is 1. The first-order valence-corrected chi connectivity index (χ1v) is 8.56. The lowest BCUT2D eigenvalue weighted by molar-refractivity contribution is -0.146. The van der Waals surface area contributed by atoms with Gasteiger partial charge in [-0.25, -0.2) is 4.79 Å². The second-order valence-electron chi connectivity index (χ2n) is 6.52. The van der Waals surface area contributed by atoms with E-state index in [0.29, 0.717) is 0 Å². The molecule has 4 nitrogen and oxygen atoms in total. The third-order valence-corrected chi connectivity index (χ3v) is 4.69. The largest absolute Gasteiger partial charge is 0.459 e. The number of hydrogen-bond acceptors (Lipinski definition) is 3. The predicted octanol–water partition coefficient (Wildman–Crippen LogP) is 4.32. The van der Waals surface area contributed by atoms with E-state index in [1.54, 1.807) is 6.08 Å². The van der Waals surface area contributed by atoms with Gasteiger partial charge >= 0.3 is 5.97 Å². The van der Waals surface area contributed by atoms with Crippen LogP contribution < -0.4 is 0 Å². The van der Waals surface area contributed by atoms with Crippen LogP contribution in [0.15, 0.2) is 30.0 Å². The van der Waals surface area contributed by atoms with E-state index in [2.05, 4.69) is 4.98 Å². The highest BCUT2D eigenvalue weighted by Gasteiger charge is 2.22. The molecule has 24 heavy (non-hydrogen) atoms. The summed E-state index contributed by atoms with van der Waals surface area (Å²) in [6.45, 7) is 3.44. The van der Waals surface area contributed by atoms with Gasteiger partial charge in [0.25, 0.3) is 0 Å². The van der Waals surface area contributed by atoms with E-state index in [1.807, 2.05) is 31.3 Å². The fourth-order valence-electron chi connectivity index (χ4n) is 3.31. The van der Waals surface area contributed by atoms with Crippen LogP contribution in [-0.2, 0) is 14.3 Å². The molecule has 1 aromatic heterocycles. The maximum atomic E-state index is 12.5. The molecule has 0 bridgehead atoms. The molecule has 3 rings (SSSR count). The van der Waals surface area contributed by atoms with Crippen molar-refractivity contribution >= 4 is 28.7 Å². The molecule has 0 saturated heterocycles. The Morgan fingerprint density at radius 2 is 1.92 bits per heavy atom. The van der Waals surface area contributed by atoms with Crippen molar-refractivity contribution in [3.63, 3.8) is 0 Å². The third kappa shape index (κ3) is 3.42. The third-order valence-electron chi connectivity index (χ3n) is 4.69. The van der Waals surface area contributed by atoms with E-state index in [-0.39, 0.29) is 17.5 Å². The Morgan fingerprint density at radius 1 is 1.17 bits per heavy atom. The van der Waals surface area contributed by atoms with Crippen LogP contribution in [0.4, 0.5) is 0 Å². The van der Waals surface area contributed by atoms with Crippen LogP contribution in [0.1, 0.15) is 50.2 Å². The van der Waals surface area contributed by atoms with Crippen molar-refractivity contribution < 1.29 is 14.3 Å². The van der Waals surface area contributed by atoms with E-state index in [0.717, 1.165) is 47.7 Å². The quantitative estimate of drug-likeness (QED) is 0.394. The Morgan fingerprint density at radius 3 is 2.62 bits per heavy atom. The van der Waals surface area contributed by atoms with Crippen molar-refractivity contribution in [3.8, 4) is 0 Å². The van der Waals surface area contributed by atoms with Gasteiger partial charge in [0.1, 0.15) is 11.7 Å². The molecule has 1 aliphatic carbocycles. The molecule has 1 N–H and O–H groups in total. The number of carbonyl (C=O) groups is 2. The van der Waals surface area contributed by atoms with Crippen molar-refractivity contribution in [2.45, 2.75) is 52.1 Å². The minimum atomic E-state index is -0.501. The molecule has 0 unspecified atom stereocenters. The highest BCUT2D eigenvalue weighted by molar-refractivity contribution is 6.20. The maximum absolute atomic E-state index is 12.5. The predicted molar refractivity (Wildman–Crippen MR) is 94.7 cm³/mol. The van der Waals surface area contributed by atoms with Gasteiger partial charge in [-0.15, -0.1) is 0 Å². The lowest BCUT2D eigenvalue weighted by Crippen LogP contribution is -2.23. The molecule has 4 heteroatoms. The first kappa shape index (κ1) is 16.5. The first-order valence-electron chi connectivity index (χ1n) is 8.56. The highest BCUT2D eigenvalue weighted by atomic mass is 16.5. The van der Waals surface area contributed by atoms with Crippen LogP contribution in [0.25, 0.3) is 17.0 Å². The summed E-state index contributed by atoms with van der Waals surface area (Å²) < 4.78 is 5.57. The minimum absolute atomic E-state index is 0.0562. The summed E-state index contributed by atoms with van der Waals surface area (Å²) in [6, 6.07) is 5.87. The topological polar surface area (TPSA) is 59.2 Å². The zero-order valence-corrected chi connectivity index (χ0v) is 14.2. The number of aromatic amines is 1. The van der Waals surface area contributed by atoms with Crippen molar-refractivity contribution in [1.82, 2.24) is 4.98 Å². The van der Waals surface area contributed by atoms with Gasteiger partial charge in [0.15, 0.2) is 5.78 Å². The number of rotatable bonds is 4. The number of Topliss-reactive ketones (excluding diaryl/α,β-unsaturated/α-hetero) is 1. The average Bonchev–Trinajstić information content (AvgIpc) is 3.05. The summed E-state index contributed by atoms with van der Waals surface area (Å²) in [7, 11) is 0. The van der Waals surface area contributed by atoms with E-state index in [1.165, 1.54) is 13.3 Å². The molecule has 2 aromatic rings. The Bertz CT molecular complexity index is 794. The van der Waals surface area contributed by atoms with E-state index >= 15 is 0 Å². The maximum Gasteiger partial charge on any atom is 0.342 e. The molecule has 1 fully saturated rings. The van der Waals surface area contributed by atoms with Crippen molar-refractivity contribution in [2.75, 3.05) is 0 Å². The minimum Gasteiger partial charge on any atom is -0.459 e. The monoisotopic (exact) mass is 325 g/mol. The number of ketones is 1. The Balaban J connectivity index is 1.90. The fraction of sp³-hybridized carbons (Fsp3) is 0.400. The number of nitrogens with one attached hydrogen (secondary N) is 1. The number of ether oxygens (including phenoxy) is 1. The lowest BCUT2D eigenvalue weighted by Gasteiger charge is -2.22. The summed E-state index contributed by atoms with van der Waals surface area (Å²) in [4.78, 5) is 27.7. The number of esters is 1. The van der Waals surface area contributed by atoms with Crippen molar-refractivity contribution in [3.05, 3.63) is 41.1 Å². The van der Waals surface area contributed by atoms with Crippen LogP contribution in [0.3, 0.4) is 0 Å². The molecule has 1 aromatic carbocycles. The Kier molecular flexibility index (Phi) is 4.84. The summed E-state index contributed by atoms with van der Waals surface area (Å²) in [5, 5.41) is 0.999. The van der Waals surface area contributed by atoms with Gasteiger partial charge in [-0.1, -0.05) is 18.6 Å². The van der Waals surface area contributed by atoms with Gasteiger partial charge in [-0.05, 0) is 62.8 Å². The molecule has 1 aliphatic rings. The normalized spacial score (nSPS) is 16.3. The van der Waals surface area contributed by atoms with Crippen LogP contribution in [-0.4, -0.2) is 22.8 Å². The second kappa shape index (κ2) is 7.04. The molecule has 0 atom stereocenters. The molecule has 0 amide bonds. The number of hydrogen-bond donors (Lipinski definition) is 1. The van der Waals surface area contributed by atoms with E-state index < -0.39 is 5.97 Å². The number of fused-ring (bicyclic) bond motifs is 1. The summed E-state index contributed by atoms with van der Waals surface area (Å²) in [5.41, 5.74) is 3.11. The number of H-pyrrole nitrogens is 1. The van der Waals surface area contributed by atoms with Gasteiger partial charge in [-0.2, -0.15) is 0 Å². The number of aromatic nitrogens is 1. The van der Waals surface area contributed by atoms with E-state index in [4.69, 9.17) is 4.74 Å². The zero-order valence-electron chi connectivity index (χ0n) is 14.2. The van der Waals surface area contributed by atoms with Crippen LogP contribution in [0, 0.1) is 6.92 Å². The van der Waals surface area contributed by atoms with Crippen molar-refractivity contribution in [1.29, 1.82) is 0 Å². The SMILES string of the molecule is CC(=O)/C(=C/c1ccc(C)c2[nH]ccc12)C(=O)OC1CCCCC1. The molecule has 1 heterocycles. The van der Waals surface area contributed by atoms with Crippen LogP contribution >= 0.6 is 0 Å². The van der Waals surface area contributed by atoms with Gasteiger partial charge in [0.05, 0.1) is 0 Å². The molecule has 0 radical (unpaired) electrons. The second-order valence-corrected chi connectivity index (χ2v) is 6.52. The lowest BCUT2D eigenvalue weighted by atomic mass is 9.97. The molecular formula is C20H23NO3. The molecular weight excluding hydrogens is 302 g/mol. The Labute approximate surface area is 141 Å². The number of benzene rings is 1. The summed E-state index contributed by atoms with van der Waals surface area (Å²) in [5.74, 6) is -0.765. The summed E-state index contributed by atoms with van der Waals surface area (Å²) in [6.07, 6.45) is 8.61. The van der Waals surface area contributed by atoms with Crippen molar-refractivity contribution in [2.24, 2.45) is 0 Å². The molecule has 0 spiro atoms. The first-order chi connectivity index (χ1) is 11.6. The standard InChI is InChI=1S/C20H23NO3/c1-13-8-9-15(17-10-11-21-19(13)17)12-18(14(2)22)20(23)24-16-6-4-3-5-7-16/h8-12,16,21H,3-7H2,1-2H3/b18-12-. The summed E-state index contributed by atoms with van der Waals surface area (Å²) >= 11 is 0. The van der Waals surface area contributed by atoms with Gasteiger partial charge in [0.2, 0.25) is 0 Å². The zero-order chi connectivity index (χ0) is 17.1. The highest BCUT2D eigenvalue weighted by Crippen LogP contribution is 2.25. The molecule has 1 saturated carbocycles. The average molecular weight is 325 g/mol. The van der Waals surface area contributed by atoms with Crippen LogP contribution in [0.2, 0.25) is 0 Å². The van der Waals surface area contributed by atoms with Gasteiger partial charge < -0.3 is 9.72 Å². The van der Waals surface area contributed by atoms with Gasteiger partial charge in [-0.3, -0.25) is 4.79 Å². The van der Waals surface area contributed by atoms with Crippen LogP contribution in [0.5, 0.6) is 0 Å². The molecule has 126 valence electrons. The molecule has 0 aliphatic heterocycles. The fourth-order valence-corrected chi connectivity index (χ4v) is 3.31. The Hall–Kier alpha value is -2.36. The smallest absolute Gasteiger partial charge is 0.342 e. The van der Waals surface area contributed by atoms with Gasteiger partial charge in [0, 0.05) is 17.1 Å². The van der Waals surface area contributed by atoms with E-state index in [9.17, 15) is 9.59 Å². The number of carbonyl (C=O) groups excluding carboxylic acids is 2.